The Balaban J connectivity index is 1.66. The fourth-order valence-corrected chi connectivity index (χ4v) is 2.95. The molecule has 0 spiro atoms. The Morgan fingerprint density at radius 3 is 2.79 bits per heavy atom. The number of hydrogen-bond acceptors (Lipinski definition) is 4. The highest BCUT2D eigenvalue weighted by Gasteiger charge is 2.17. The number of nitrogens with two attached hydrogens (primary N) is 1. The van der Waals surface area contributed by atoms with Crippen molar-refractivity contribution in [3.63, 3.8) is 0 Å². The molecule has 0 saturated carbocycles. The number of benzene rings is 1. The fraction of sp³-hybridized carbons (Fsp3) is 0.632. The van der Waals surface area contributed by atoms with Crippen molar-refractivity contribution in [3.05, 3.63) is 34.9 Å². The molecule has 0 saturated heterocycles. The number of nitrogens with zero attached hydrogens (tertiary/aromatic N) is 1. The van der Waals surface area contributed by atoms with Gasteiger partial charge in [-0.1, -0.05) is 18.2 Å². The maximum absolute atomic E-state index is 11.6. The van der Waals surface area contributed by atoms with Crippen LogP contribution in [-0.2, 0) is 24.2 Å². The second-order valence-corrected chi connectivity index (χ2v) is 7.47. The van der Waals surface area contributed by atoms with Gasteiger partial charge < -0.3 is 15.8 Å². The molecular formula is C19H31N3O2. The number of fused-ring (bicyclic) bond motifs is 1. The van der Waals surface area contributed by atoms with Crippen molar-refractivity contribution >= 4 is 6.09 Å². The quantitative estimate of drug-likeness (QED) is 0.786. The van der Waals surface area contributed by atoms with Crippen molar-refractivity contribution in [1.29, 1.82) is 0 Å². The lowest BCUT2D eigenvalue weighted by Crippen LogP contribution is -2.34. The van der Waals surface area contributed by atoms with Crippen LogP contribution in [0.4, 0.5) is 4.79 Å². The second-order valence-electron chi connectivity index (χ2n) is 7.47. The van der Waals surface area contributed by atoms with Crippen LogP contribution in [0.25, 0.3) is 0 Å². The highest BCUT2D eigenvalue weighted by molar-refractivity contribution is 5.67. The molecule has 1 aromatic rings. The predicted octanol–water partition coefficient (Wildman–Crippen LogP) is 2.81. The number of carbonyl (C=O) groups is 1. The van der Waals surface area contributed by atoms with Crippen molar-refractivity contribution in [3.8, 4) is 0 Å². The molecule has 0 aromatic heterocycles. The van der Waals surface area contributed by atoms with Gasteiger partial charge in [0.2, 0.25) is 0 Å². The first-order chi connectivity index (χ1) is 11.4. The summed E-state index contributed by atoms with van der Waals surface area (Å²) in [6.07, 6.45) is 2.81. The minimum absolute atomic E-state index is 0.330. The first-order valence-corrected chi connectivity index (χ1v) is 8.87. The number of nitrogens with one attached hydrogen (secondary N) is 1. The first kappa shape index (κ1) is 18.7. The molecule has 0 radical (unpaired) electrons. The van der Waals surface area contributed by atoms with E-state index < -0.39 is 5.60 Å². The van der Waals surface area contributed by atoms with Crippen LogP contribution in [0.2, 0.25) is 0 Å². The molecule has 5 nitrogen and oxygen atoms in total. The summed E-state index contributed by atoms with van der Waals surface area (Å²) in [4.78, 5) is 14.0. The lowest BCUT2D eigenvalue weighted by molar-refractivity contribution is 0.0526. The molecule has 1 aliphatic heterocycles. The number of carbonyl (C=O) groups excluding carboxylic acids is 1. The molecule has 0 fully saturated rings. The molecule has 3 N–H and O–H groups in total. The molecule has 1 heterocycles. The van der Waals surface area contributed by atoms with Gasteiger partial charge in [0.15, 0.2) is 0 Å². The minimum atomic E-state index is -0.437. The summed E-state index contributed by atoms with van der Waals surface area (Å²) in [6.45, 7) is 10.0. The van der Waals surface area contributed by atoms with E-state index in [9.17, 15) is 4.79 Å². The maximum Gasteiger partial charge on any atom is 0.407 e. The van der Waals surface area contributed by atoms with Crippen LogP contribution >= 0.6 is 0 Å². The van der Waals surface area contributed by atoms with Crippen molar-refractivity contribution in [2.45, 2.75) is 58.7 Å². The average Bonchev–Trinajstić information content (AvgIpc) is 2.52. The Bertz CT molecular complexity index is 552. The number of rotatable bonds is 6. The van der Waals surface area contributed by atoms with Gasteiger partial charge in [0.1, 0.15) is 5.60 Å². The van der Waals surface area contributed by atoms with E-state index in [2.05, 4.69) is 28.4 Å². The molecular weight excluding hydrogens is 302 g/mol. The van der Waals surface area contributed by atoms with Gasteiger partial charge >= 0.3 is 6.09 Å². The van der Waals surface area contributed by atoms with Crippen LogP contribution in [0.3, 0.4) is 0 Å². The van der Waals surface area contributed by atoms with E-state index in [1.54, 1.807) is 0 Å². The Labute approximate surface area is 145 Å². The fourth-order valence-electron chi connectivity index (χ4n) is 2.95. The number of hydrogen-bond donors (Lipinski definition) is 2. The molecule has 1 aliphatic rings. The minimum Gasteiger partial charge on any atom is -0.444 e. The molecule has 0 aliphatic carbocycles. The third-order valence-electron chi connectivity index (χ3n) is 4.17. The SMILES string of the molecule is CC(C)(C)OC(=O)NCCCCN1CCc2ccc(CN)cc2C1. The van der Waals surface area contributed by atoms with E-state index in [0.29, 0.717) is 13.1 Å². The van der Waals surface area contributed by atoms with Gasteiger partial charge in [-0.25, -0.2) is 4.79 Å². The number of amides is 1. The molecule has 2 rings (SSSR count). The predicted molar refractivity (Wildman–Crippen MR) is 96.8 cm³/mol. The van der Waals surface area contributed by atoms with Gasteiger partial charge in [-0.3, -0.25) is 4.90 Å². The van der Waals surface area contributed by atoms with E-state index >= 15 is 0 Å². The third-order valence-corrected chi connectivity index (χ3v) is 4.17. The molecule has 0 bridgehead atoms. The van der Waals surface area contributed by atoms with Crippen molar-refractivity contribution in [2.75, 3.05) is 19.6 Å². The lowest BCUT2D eigenvalue weighted by Gasteiger charge is -2.29. The highest BCUT2D eigenvalue weighted by Crippen LogP contribution is 2.20. The van der Waals surface area contributed by atoms with Crippen molar-refractivity contribution in [2.24, 2.45) is 5.73 Å². The van der Waals surface area contributed by atoms with Gasteiger partial charge in [0, 0.05) is 26.2 Å². The van der Waals surface area contributed by atoms with Crippen LogP contribution in [-0.4, -0.2) is 36.2 Å². The summed E-state index contributed by atoms with van der Waals surface area (Å²) in [5, 5.41) is 2.81. The van der Waals surface area contributed by atoms with Gasteiger partial charge in [-0.2, -0.15) is 0 Å². The van der Waals surface area contributed by atoms with Gasteiger partial charge in [-0.05, 0) is 63.3 Å². The monoisotopic (exact) mass is 333 g/mol. The summed E-state index contributed by atoms with van der Waals surface area (Å²) >= 11 is 0. The van der Waals surface area contributed by atoms with Gasteiger partial charge in [-0.15, -0.1) is 0 Å². The highest BCUT2D eigenvalue weighted by atomic mass is 16.6. The zero-order valence-corrected chi connectivity index (χ0v) is 15.2. The molecule has 24 heavy (non-hydrogen) atoms. The van der Waals surface area contributed by atoms with Gasteiger partial charge in [0.25, 0.3) is 0 Å². The standard InChI is InChI=1S/C19H31N3O2/c1-19(2,3)24-18(23)21-9-4-5-10-22-11-8-16-7-6-15(13-20)12-17(16)14-22/h6-7,12H,4-5,8-11,13-14,20H2,1-3H3,(H,21,23). The number of unbranched alkanes of at least 4 members (excludes halogenated alkanes) is 1. The van der Waals surface area contributed by atoms with E-state index in [1.807, 2.05) is 20.8 Å². The molecule has 1 aromatic carbocycles. The Hall–Kier alpha value is -1.59. The van der Waals surface area contributed by atoms with Gasteiger partial charge in [0.05, 0.1) is 0 Å². The average molecular weight is 333 g/mol. The normalized spacial score (nSPS) is 15.0. The third kappa shape index (κ3) is 6.13. The van der Waals surface area contributed by atoms with E-state index in [-0.39, 0.29) is 6.09 Å². The number of ether oxygens (including phenoxy) is 1. The summed E-state index contributed by atoms with van der Waals surface area (Å²) in [7, 11) is 0. The molecule has 134 valence electrons. The first-order valence-electron chi connectivity index (χ1n) is 8.87. The van der Waals surface area contributed by atoms with Crippen LogP contribution in [0.15, 0.2) is 18.2 Å². The lowest BCUT2D eigenvalue weighted by atomic mass is 9.97. The maximum atomic E-state index is 11.6. The zero-order valence-electron chi connectivity index (χ0n) is 15.2. The Morgan fingerprint density at radius 2 is 2.08 bits per heavy atom. The second kappa shape index (κ2) is 8.49. The molecule has 0 unspecified atom stereocenters. The molecule has 1 amide bonds. The molecule has 5 heteroatoms. The van der Waals surface area contributed by atoms with Crippen LogP contribution in [0.1, 0.15) is 50.3 Å². The van der Waals surface area contributed by atoms with Crippen LogP contribution < -0.4 is 11.1 Å². The largest absolute Gasteiger partial charge is 0.444 e. The summed E-state index contributed by atoms with van der Waals surface area (Å²) < 4.78 is 5.22. The Kier molecular flexibility index (Phi) is 6.63. The summed E-state index contributed by atoms with van der Waals surface area (Å²) in [5.74, 6) is 0. The zero-order chi connectivity index (χ0) is 17.6. The van der Waals surface area contributed by atoms with Crippen molar-refractivity contribution in [1.82, 2.24) is 10.2 Å². The molecule has 0 atom stereocenters. The smallest absolute Gasteiger partial charge is 0.407 e. The number of alkyl carbamates (subject to hydrolysis) is 1. The van der Waals surface area contributed by atoms with Crippen LogP contribution in [0.5, 0.6) is 0 Å². The van der Waals surface area contributed by atoms with E-state index in [4.69, 9.17) is 10.5 Å². The van der Waals surface area contributed by atoms with Crippen LogP contribution in [0, 0.1) is 0 Å². The van der Waals surface area contributed by atoms with E-state index in [1.165, 1.54) is 16.7 Å². The Morgan fingerprint density at radius 1 is 1.29 bits per heavy atom. The summed E-state index contributed by atoms with van der Waals surface area (Å²) in [6, 6.07) is 6.60. The summed E-state index contributed by atoms with van der Waals surface area (Å²) in [5.41, 5.74) is 9.37. The van der Waals surface area contributed by atoms with E-state index in [0.717, 1.165) is 38.9 Å². The topological polar surface area (TPSA) is 67.6 Å². The van der Waals surface area contributed by atoms with Crippen molar-refractivity contribution < 1.29 is 9.53 Å².